The van der Waals surface area contributed by atoms with Crippen molar-refractivity contribution in [3.8, 4) is 0 Å². The number of allylic oxidation sites excluding steroid dienone is 1. The normalized spacial score (nSPS) is 11.2. The lowest BCUT2D eigenvalue weighted by atomic mass is 10.2. The fourth-order valence-electron chi connectivity index (χ4n) is 2.14. The predicted octanol–water partition coefficient (Wildman–Crippen LogP) is 2.18. The van der Waals surface area contributed by atoms with Crippen LogP contribution in [0.5, 0.6) is 0 Å². The van der Waals surface area contributed by atoms with E-state index in [2.05, 4.69) is 27.1 Å². The summed E-state index contributed by atoms with van der Waals surface area (Å²) < 4.78 is 5.16. The number of nitrogens with zero attached hydrogens (tertiary/aromatic N) is 2. The minimum atomic E-state index is -0.168. The van der Waals surface area contributed by atoms with Gasteiger partial charge in [0.2, 0.25) is 0 Å². The SMILES string of the molecule is C=CCCCN(C)C(=NC)NCCCNC(=O)c1occc1C. The zero-order valence-electron chi connectivity index (χ0n) is 14.4. The third-order valence-corrected chi connectivity index (χ3v) is 3.47. The van der Waals surface area contributed by atoms with Crippen molar-refractivity contribution in [2.24, 2.45) is 4.99 Å². The number of aliphatic imine (C=N–C) groups is 1. The lowest BCUT2D eigenvalue weighted by Crippen LogP contribution is -2.40. The van der Waals surface area contributed by atoms with E-state index < -0.39 is 0 Å². The largest absolute Gasteiger partial charge is 0.459 e. The zero-order chi connectivity index (χ0) is 17.1. The van der Waals surface area contributed by atoms with Crippen molar-refractivity contribution in [2.45, 2.75) is 26.2 Å². The summed E-state index contributed by atoms with van der Waals surface area (Å²) in [4.78, 5) is 18.2. The molecule has 0 fully saturated rings. The molecule has 2 N–H and O–H groups in total. The Morgan fingerprint density at radius 2 is 2.13 bits per heavy atom. The highest BCUT2D eigenvalue weighted by Gasteiger charge is 2.11. The van der Waals surface area contributed by atoms with Crippen LogP contribution in [0.1, 0.15) is 35.4 Å². The van der Waals surface area contributed by atoms with E-state index in [4.69, 9.17) is 4.42 Å². The second-order valence-electron chi connectivity index (χ2n) is 5.37. The number of unbranched alkanes of at least 4 members (excludes halogenated alkanes) is 1. The van der Waals surface area contributed by atoms with Crippen molar-refractivity contribution in [3.05, 3.63) is 36.3 Å². The Kier molecular flexibility index (Phi) is 8.57. The van der Waals surface area contributed by atoms with Gasteiger partial charge >= 0.3 is 0 Å². The van der Waals surface area contributed by atoms with Gasteiger partial charge in [0, 0.05) is 39.3 Å². The number of nitrogens with one attached hydrogen (secondary N) is 2. The first-order valence-corrected chi connectivity index (χ1v) is 7.95. The van der Waals surface area contributed by atoms with Gasteiger partial charge in [0.15, 0.2) is 11.7 Å². The van der Waals surface area contributed by atoms with E-state index in [1.807, 2.05) is 20.0 Å². The standard InChI is InChI=1S/C17H28N4O2/c1-5-6-7-12-21(4)17(18-3)20-11-8-10-19-16(22)15-14(2)9-13-23-15/h5,9,13H,1,6-8,10-12H2,2-4H3,(H,18,20)(H,19,22). The molecule has 23 heavy (non-hydrogen) atoms. The van der Waals surface area contributed by atoms with Crippen molar-refractivity contribution in [1.29, 1.82) is 0 Å². The highest BCUT2D eigenvalue weighted by molar-refractivity contribution is 5.92. The molecule has 0 unspecified atom stereocenters. The zero-order valence-corrected chi connectivity index (χ0v) is 14.4. The van der Waals surface area contributed by atoms with Crippen molar-refractivity contribution in [3.63, 3.8) is 0 Å². The molecule has 0 spiro atoms. The first kappa shape index (κ1) is 18.8. The number of furan rings is 1. The lowest BCUT2D eigenvalue weighted by molar-refractivity contribution is 0.0925. The minimum absolute atomic E-state index is 0.168. The average Bonchev–Trinajstić information content (AvgIpc) is 2.97. The van der Waals surface area contributed by atoms with Crippen LogP contribution in [0.2, 0.25) is 0 Å². The Balaban J connectivity index is 2.21. The Hall–Kier alpha value is -2.24. The molecule has 1 aromatic heterocycles. The van der Waals surface area contributed by atoms with Crippen LogP contribution in [0.3, 0.4) is 0 Å². The summed E-state index contributed by atoms with van der Waals surface area (Å²) in [5, 5.41) is 6.14. The molecule has 6 nitrogen and oxygen atoms in total. The molecule has 1 amide bonds. The quantitative estimate of drug-likeness (QED) is 0.317. The summed E-state index contributed by atoms with van der Waals surface area (Å²) in [6, 6.07) is 1.78. The van der Waals surface area contributed by atoms with Crippen molar-refractivity contribution >= 4 is 11.9 Å². The first-order valence-electron chi connectivity index (χ1n) is 7.95. The molecule has 0 aliphatic carbocycles. The number of carbonyl (C=O) groups excluding carboxylic acids is 1. The van der Waals surface area contributed by atoms with Crippen LogP contribution in [-0.4, -0.2) is 50.5 Å². The van der Waals surface area contributed by atoms with Crippen molar-refractivity contribution in [1.82, 2.24) is 15.5 Å². The van der Waals surface area contributed by atoms with Crippen LogP contribution in [-0.2, 0) is 0 Å². The van der Waals surface area contributed by atoms with Gasteiger partial charge in [-0.2, -0.15) is 0 Å². The molecule has 1 heterocycles. The van der Waals surface area contributed by atoms with Crippen LogP contribution in [0.4, 0.5) is 0 Å². The molecule has 128 valence electrons. The van der Waals surface area contributed by atoms with E-state index in [1.54, 1.807) is 13.1 Å². The molecule has 6 heteroatoms. The maximum absolute atomic E-state index is 11.9. The van der Waals surface area contributed by atoms with Gasteiger partial charge in [0.1, 0.15) is 0 Å². The number of carbonyl (C=O) groups is 1. The van der Waals surface area contributed by atoms with E-state index >= 15 is 0 Å². The highest BCUT2D eigenvalue weighted by Crippen LogP contribution is 2.07. The fraction of sp³-hybridized carbons (Fsp3) is 0.529. The minimum Gasteiger partial charge on any atom is -0.459 e. The van der Waals surface area contributed by atoms with E-state index in [-0.39, 0.29) is 5.91 Å². The summed E-state index contributed by atoms with van der Waals surface area (Å²) in [5.41, 5.74) is 0.849. The Morgan fingerprint density at radius 3 is 2.74 bits per heavy atom. The van der Waals surface area contributed by atoms with Crippen molar-refractivity contribution in [2.75, 3.05) is 33.7 Å². The fourth-order valence-corrected chi connectivity index (χ4v) is 2.14. The number of amides is 1. The van der Waals surface area contributed by atoms with Crippen LogP contribution < -0.4 is 10.6 Å². The molecule has 0 aliphatic heterocycles. The number of guanidine groups is 1. The molecule has 0 aromatic carbocycles. The maximum Gasteiger partial charge on any atom is 0.287 e. The highest BCUT2D eigenvalue weighted by atomic mass is 16.3. The first-order chi connectivity index (χ1) is 11.1. The number of hydrogen-bond acceptors (Lipinski definition) is 3. The van der Waals surface area contributed by atoms with E-state index in [0.717, 1.165) is 43.9 Å². The van der Waals surface area contributed by atoms with Gasteiger partial charge in [-0.3, -0.25) is 9.79 Å². The molecular formula is C17H28N4O2. The third kappa shape index (κ3) is 6.59. The second kappa shape index (κ2) is 10.5. The Bertz CT molecular complexity index is 522. The number of rotatable bonds is 9. The molecule has 0 aliphatic rings. The van der Waals surface area contributed by atoms with Gasteiger partial charge in [-0.15, -0.1) is 6.58 Å². The van der Waals surface area contributed by atoms with Gasteiger partial charge in [0.25, 0.3) is 5.91 Å². The topological polar surface area (TPSA) is 69.9 Å². The molecule has 1 aromatic rings. The Labute approximate surface area is 138 Å². The molecular weight excluding hydrogens is 292 g/mol. The number of aryl methyl sites for hydroxylation is 1. The van der Waals surface area contributed by atoms with Crippen LogP contribution in [0.15, 0.2) is 34.4 Å². The summed E-state index contributed by atoms with van der Waals surface area (Å²) >= 11 is 0. The summed E-state index contributed by atoms with van der Waals surface area (Å²) in [5.74, 6) is 1.08. The third-order valence-electron chi connectivity index (χ3n) is 3.47. The smallest absolute Gasteiger partial charge is 0.287 e. The van der Waals surface area contributed by atoms with Crippen LogP contribution >= 0.6 is 0 Å². The van der Waals surface area contributed by atoms with Gasteiger partial charge < -0.3 is 20.0 Å². The lowest BCUT2D eigenvalue weighted by Gasteiger charge is -2.21. The molecule has 0 atom stereocenters. The monoisotopic (exact) mass is 320 g/mol. The molecule has 0 bridgehead atoms. The van der Waals surface area contributed by atoms with Gasteiger partial charge in [-0.05, 0) is 32.3 Å². The van der Waals surface area contributed by atoms with Crippen LogP contribution in [0.25, 0.3) is 0 Å². The van der Waals surface area contributed by atoms with Gasteiger partial charge in [0.05, 0.1) is 6.26 Å². The Morgan fingerprint density at radius 1 is 1.39 bits per heavy atom. The predicted molar refractivity (Wildman–Crippen MR) is 93.8 cm³/mol. The van der Waals surface area contributed by atoms with E-state index in [1.165, 1.54) is 6.26 Å². The van der Waals surface area contributed by atoms with Gasteiger partial charge in [-0.1, -0.05) is 6.08 Å². The van der Waals surface area contributed by atoms with Crippen molar-refractivity contribution < 1.29 is 9.21 Å². The summed E-state index contributed by atoms with van der Waals surface area (Å²) in [7, 11) is 3.79. The summed E-state index contributed by atoms with van der Waals surface area (Å²) in [6.07, 6.45) is 6.31. The van der Waals surface area contributed by atoms with Gasteiger partial charge in [-0.25, -0.2) is 0 Å². The summed E-state index contributed by atoms with van der Waals surface area (Å²) in [6.45, 7) is 7.84. The molecule has 1 rings (SSSR count). The average molecular weight is 320 g/mol. The maximum atomic E-state index is 11.9. The number of hydrogen-bond donors (Lipinski definition) is 2. The van der Waals surface area contributed by atoms with Crippen LogP contribution in [0, 0.1) is 6.92 Å². The molecule has 0 saturated heterocycles. The second-order valence-corrected chi connectivity index (χ2v) is 5.37. The van der Waals surface area contributed by atoms with E-state index in [0.29, 0.717) is 12.3 Å². The molecule has 0 saturated carbocycles. The molecule has 0 radical (unpaired) electrons. The van der Waals surface area contributed by atoms with E-state index in [9.17, 15) is 4.79 Å².